The van der Waals surface area contributed by atoms with Crippen molar-refractivity contribution in [2.45, 2.75) is 38.8 Å². The summed E-state index contributed by atoms with van der Waals surface area (Å²) in [5.41, 5.74) is -0.137. The molecule has 2 saturated heterocycles. The van der Waals surface area contributed by atoms with Gasteiger partial charge in [-0.1, -0.05) is 23.2 Å². The molecule has 0 unspecified atom stereocenters. The first-order valence-corrected chi connectivity index (χ1v) is 9.86. The maximum Gasteiger partial charge on any atom is 0.410 e. The third kappa shape index (κ3) is 4.42. The van der Waals surface area contributed by atoms with E-state index in [4.69, 9.17) is 27.9 Å². The van der Waals surface area contributed by atoms with Crippen LogP contribution in [0.1, 0.15) is 27.2 Å². The second kappa shape index (κ2) is 7.89. The number of ether oxygens (including phenoxy) is 1. The molecule has 7 nitrogen and oxygen atoms in total. The second-order valence-corrected chi connectivity index (χ2v) is 8.70. The van der Waals surface area contributed by atoms with Gasteiger partial charge in [0, 0.05) is 26.2 Å². The Morgan fingerprint density at radius 3 is 2.29 bits per heavy atom. The number of piperazine rings is 1. The molecule has 2 fully saturated rings. The predicted molar refractivity (Wildman–Crippen MR) is 107 cm³/mol. The van der Waals surface area contributed by atoms with E-state index in [0.29, 0.717) is 36.9 Å². The molecule has 0 N–H and O–H groups in total. The zero-order valence-corrected chi connectivity index (χ0v) is 17.6. The van der Waals surface area contributed by atoms with Crippen molar-refractivity contribution in [2.24, 2.45) is 0 Å². The van der Waals surface area contributed by atoms with E-state index in [1.54, 1.807) is 17.0 Å². The Hall–Kier alpha value is -1.83. The highest BCUT2D eigenvalue weighted by molar-refractivity contribution is 6.42. The van der Waals surface area contributed by atoms with E-state index in [1.165, 1.54) is 6.07 Å². The van der Waals surface area contributed by atoms with Crippen LogP contribution in [-0.2, 0) is 14.3 Å². The molecule has 2 aliphatic heterocycles. The predicted octanol–water partition coefficient (Wildman–Crippen LogP) is 3.18. The maximum atomic E-state index is 12.9. The largest absolute Gasteiger partial charge is 0.444 e. The van der Waals surface area contributed by atoms with Gasteiger partial charge in [0.25, 0.3) is 5.91 Å². The van der Waals surface area contributed by atoms with Crippen LogP contribution < -0.4 is 4.90 Å². The van der Waals surface area contributed by atoms with Gasteiger partial charge in [-0.3, -0.25) is 14.5 Å². The minimum atomic E-state index is -0.553. The minimum Gasteiger partial charge on any atom is -0.444 e. The number of benzene rings is 1. The van der Waals surface area contributed by atoms with Crippen LogP contribution in [-0.4, -0.2) is 65.5 Å². The van der Waals surface area contributed by atoms with Gasteiger partial charge in [-0.05, 0) is 39.0 Å². The molecule has 0 spiro atoms. The summed E-state index contributed by atoms with van der Waals surface area (Å²) in [5.74, 6) is -0.558. The van der Waals surface area contributed by atoms with Crippen LogP contribution >= 0.6 is 23.2 Å². The van der Waals surface area contributed by atoms with E-state index in [2.05, 4.69) is 0 Å². The molecule has 1 atom stereocenters. The number of rotatable bonds is 2. The van der Waals surface area contributed by atoms with E-state index in [1.807, 2.05) is 25.7 Å². The zero-order chi connectivity index (χ0) is 20.6. The normalized spacial score (nSPS) is 21.4. The number of anilines is 1. The van der Waals surface area contributed by atoms with Crippen LogP contribution in [0, 0.1) is 0 Å². The molecule has 1 aromatic rings. The number of halogens is 2. The van der Waals surface area contributed by atoms with Crippen LogP contribution in [0.3, 0.4) is 0 Å². The lowest BCUT2D eigenvalue weighted by atomic mass is 10.1. The fourth-order valence-electron chi connectivity index (χ4n) is 3.34. The quantitative estimate of drug-likeness (QED) is 0.677. The van der Waals surface area contributed by atoms with Gasteiger partial charge >= 0.3 is 6.09 Å². The Morgan fingerprint density at radius 2 is 1.71 bits per heavy atom. The molecule has 0 aliphatic carbocycles. The SMILES string of the molecule is CC(C)(C)OC(=O)N1CCN([C@@H]2CC(=O)N(c3ccc(Cl)c(Cl)c3)C2=O)CC1. The molecule has 2 aliphatic rings. The molecule has 0 bridgehead atoms. The molecule has 0 saturated carbocycles. The van der Waals surface area contributed by atoms with Gasteiger partial charge in [0.2, 0.25) is 5.91 Å². The second-order valence-electron chi connectivity index (χ2n) is 7.89. The third-order valence-corrected chi connectivity index (χ3v) is 5.43. The van der Waals surface area contributed by atoms with E-state index in [0.717, 1.165) is 4.90 Å². The molecular formula is C19H23Cl2N3O4. The highest BCUT2D eigenvalue weighted by atomic mass is 35.5. The zero-order valence-electron chi connectivity index (χ0n) is 16.1. The Morgan fingerprint density at radius 1 is 1.07 bits per heavy atom. The molecule has 2 heterocycles. The number of nitrogens with zero attached hydrogens (tertiary/aromatic N) is 3. The Bertz CT molecular complexity index is 801. The van der Waals surface area contributed by atoms with Gasteiger partial charge in [0.05, 0.1) is 28.2 Å². The average molecular weight is 428 g/mol. The van der Waals surface area contributed by atoms with Crippen LogP contribution in [0.2, 0.25) is 10.0 Å². The summed E-state index contributed by atoms with van der Waals surface area (Å²) < 4.78 is 5.39. The topological polar surface area (TPSA) is 70.2 Å². The lowest BCUT2D eigenvalue weighted by Crippen LogP contribution is -2.54. The van der Waals surface area contributed by atoms with Gasteiger partial charge < -0.3 is 9.64 Å². The summed E-state index contributed by atoms with van der Waals surface area (Å²) in [5, 5.41) is 0.647. The molecule has 28 heavy (non-hydrogen) atoms. The van der Waals surface area contributed by atoms with Crippen molar-refractivity contribution in [1.82, 2.24) is 9.80 Å². The van der Waals surface area contributed by atoms with E-state index in [9.17, 15) is 14.4 Å². The third-order valence-electron chi connectivity index (χ3n) is 4.69. The standard InChI is InChI=1S/C19H23Cl2N3O4/c1-19(2,3)28-18(27)23-8-6-22(7-9-23)15-11-16(25)24(17(15)26)12-4-5-13(20)14(21)10-12/h4-5,10,15H,6-9,11H2,1-3H3/t15-/m1/s1. The van der Waals surface area contributed by atoms with Crippen LogP contribution in [0.15, 0.2) is 18.2 Å². The molecule has 152 valence electrons. The van der Waals surface area contributed by atoms with E-state index in [-0.39, 0.29) is 29.4 Å². The molecule has 0 radical (unpaired) electrons. The maximum absolute atomic E-state index is 12.9. The summed E-state index contributed by atoms with van der Waals surface area (Å²) >= 11 is 11.9. The summed E-state index contributed by atoms with van der Waals surface area (Å²) in [6.07, 6.45) is -0.260. The number of amides is 3. The summed E-state index contributed by atoms with van der Waals surface area (Å²) in [4.78, 5) is 42.3. The van der Waals surface area contributed by atoms with Gasteiger partial charge in [-0.25, -0.2) is 9.69 Å². The highest BCUT2D eigenvalue weighted by Crippen LogP contribution is 2.31. The fourth-order valence-corrected chi connectivity index (χ4v) is 3.63. The number of carbonyl (C=O) groups is 3. The van der Waals surface area contributed by atoms with Crippen molar-refractivity contribution in [1.29, 1.82) is 0 Å². The van der Waals surface area contributed by atoms with Crippen molar-refractivity contribution in [3.05, 3.63) is 28.2 Å². The first kappa shape index (κ1) is 20.9. The van der Waals surface area contributed by atoms with Crippen LogP contribution in [0.4, 0.5) is 10.5 Å². The van der Waals surface area contributed by atoms with Crippen LogP contribution in [0.25, 0.3) is 0 Å². The fraction of sp³-hybridized carbons (Fsp3) is 0.526. The Kier molecular flexibility index (Phi) is 5.89. The lowest BCUT2D eigenvalue weighted by molar-refractivity contribution is -0.123. The Balaban J connectivity index is 1.64. The van der Waals surface area contributed by atoms with Crippen molar-refractivity contribution in [3.8, 4) is 0 Å². The number of hydrogen-bond acceptors (Lipinski definition) is 5. The smallest absolute Gasteiger partial charge is 0.410 e. The van der Waals surface area contributed by atoms with Crippen molar-refractivity contribution in [2.75, 3.05) is 31.1 Å². The first-order chi connectivity index (χ1) is 13.1. The van der Waals surface area contributed by atoms with Gasteiger partial charge in [-0.2, -0.15) is 0 Å². The van der Waals surface area contributed by atoms with Gasteiger partial charge in [0.1, 0.15) is 5.60 Å². The molecule has 1 aromatic carbocycles. The summed E-state index contributed by atoms with van der Waals surface area (Å²) in [6, 6.07) is 4.14. The monoisotopic (exact) mass is 427 g/mol. The molecule has 3 amide bonds. The van der Waals surface area contributed by atoms with E-state index < -0.39 is 11.6 Å². The van der Waals surface area contributed by atoms with Crippen LogP contribution in [0.5, 0.6) is 0 Å². The highest BCUT2D eigenvalue weighted by Gasteiger charge is 2.43. The van der Waals surface area contributed by atoms with Crippen molar-refractivity contribution in [3.63, 3.8) is 0 Å². The molecule has 0 aromatic heterocycles. The number of hydrogen-bond donors (Lipinski definition) is 0. The van der Waals surface area contributed by atoms with Crippen molar-refractivity contribution < 1.29 is 19.1 Å². The molecule has 9 heteroatoms. The van der Waals surface area contributed by atoms with Gasteiger partial charge in [0.15, 0.2) is 0 Å². The van der Waals surface area contributed by atoms with E-state index >= 15 is 0 Å². The number of imide groups is 1. The average Bonchev–Trinajstić information content (AvgIpc) is 2.90. The molecular weight excluding hydrogens is 405 g/mol. The number of carbonyl (C=O) groups excluding carboxylic acids is 3. The van der Waals surface area contributed by atoms with Gasteiger partial charge in [-0.15, -0.1) is 0 Å². The molecule has 3 rings (SSSR count). The first-order valence-electron chi connectivity index (χ1n) is 9.10. The summed E-state index contributed by atoms with van der Waals surface area (Å²) in [6.45, 7) is 7.35. The minimum absolute atomic E-state index is 0.103. The lowest BCUT2D eigenvalue weighted by Gasteiger charge is -2.37. The Labute approximate surface area is 174 Å². The summed E-state index contributed by atoms with van der Waals surface area (Å²) in [7, 11) is 0. The van der Waals surface area contributed by atoms with Crippen molar-refractivity contribution >= 4 is 46.8 Å².